The van der Waals surface area contributed by atoms with Crippen molar-refractivity contribution in [2.45, 2.75) is 44.8 Å². The predicted molar refractivity (Wildman–Crippen MR) is 120 cm³/mol. The second-order valence-corrected chi connectivity index (χ2v) is 9.24. The number of nitrogens with zero attached hydrogens (tertiary/aromatic N) is 3. The fourth-order valence-corrected chi connectivity index (χ4v) is 5.33. The molecule has 30 heavy (non-hydrogen) atoms. The van der Waals surface area contributed by atoms with Crippen molar-refractivity contribution in [1.29, 1.82) is 0 Å². The van der Waals surface area contributed by atoms with Gasteiger partial charge in [0.25, 0.3) is 0 Å². The van der Waals surface area contributed by atoms with E-state index < -0.39 is 0 Å². The smallest absolute Gasteiger partial charge is 0.225 e. The zero-order valence-electron chi connectivity index (χ0n) is 17.2. The average molecular weight is 421 g/mol. The van der Waals surface area contributed by atoms with Crippen LogP contribution >= 0.6 is 11.3 Å². The molecule has 2 aromatic heterocycles. The molecule has 2 aliphatic rings. The van der Waals surface area contributed by atoms with E-state index in [2.05, 4.69) is 66.9 Å². The van der Waals surface area contributed by atoms with Gasteiger partial charge in [-0.1, -0.05) is 30.3 Å². The third-order valence-electron chi connectivity index (χ3n) is 6.43. The SMILES string of the molecule is O=C(NC1CCN(Cc2ccccc2)CC1)[C@H]1CCc2ncc(-c3ccsc3)n2C1. The first-order valence-electron chi connectivity index (χ1n) is 10.9. The molecule has 1 amide bonds. The van der Waals surface area contributed by atoms with Crippen molar-refractivity contribution in [3.63, 3.8) is 0 Å². The van der Waals surface area contributed by atoms with Crippen LogP contribution in [0.5, 0.6) is 0 Å². The van der Waals surface area contributed by atoms with E-state index in [1.165, 1.54) is 11.1 Å². The Morgan fingerprint density at radius 3 is 2.73 bits per heavy atom. The van der Waals surface area contributed by atoms with Crippen molar-refractivity contribution in [2.75, 3.05) is 13.1 Å². The van der Waals surface area contributed by atoms with E-state index in [4.69, 9.17) is 0 Å². The molecule has 1 saturated heterocycles. The topological polar surface area (TPSA) is 50.2 Å². The zero-order valence-corrected chi connectivity index (χ0v) is 18.0. The Balaban J connectivity index is 1.15. The highest BCUT2D eigenvalue weighted by Crippen LogP contribution is 2.29. The van der Waals surface area contributed by atoms with Crippen LogP contribution in [0.4, 0.5) is 0 Å². The van der Waals surface area contributed by atoms with Crippen molar-refractivity contribution in [3.05, 3.63) is 64.7 Å². The highest BCUT2D eigenvalue weighted by atomic mass is 32.1. The van der Waals surface area contributed by atoms with Crippen molar-refractivity contribution in [2.24, 2.45) is 5.92 Å². The van der Waals surface area contributed by atoms with Crippen LogP contribution < -0.4 is 5.32 Å². The molecule has 0 aliphatic carbocycles. The summed E-state index contributed by atoms with van der Waals surface area (Å²) >= 11 is 1.69. The summed E-state index contributed by atoms with van der Waals surface area (Å²) in [4.78, 5) is 20.1. The molecule has 3 aromatic rings. The molecular formula is C24H28N4OS. The van der Waals surface area contributed by atoms with E-state index in [1.807, 2.05) is 6.20 Å². The second-order valence-electron chi connectivity index (χ2n) is 8.46. The maximum absolute atomic E-state index is 13.0. The summed E-state index contributed by atoms with van der Waals surface area (Å²) < 4.78 is 2.25. The van der Waals surface area contributed by atoms with E-state index in [9.17, 15) is 4.79 Å². The number of aromatic nitrogens is 2. The Morgan fingerprint density at radius 1 is 1.13 bits per heavy atom. The lowest BCUT2D eigenvalue weighted by Crippen LogP contribution is -2.47. The first-order valence-corrected chi connectivity index (χ1v) is 11.8. The van der Waals surface area contributed by atoms with Crippen molar-refractivity contribution < 1.29 is 4.79 Å². The number of benzene rings is 1. The third kappa shape index (κ3) is 4.20. The Hall–Kier alpha value is -2.44. The minimum Gasteiger partial charge on any atom is -0.353 e. The van der Waals surface area contributed by atoms with Gasteiger partial charge in [0.2, 0.25) is 5.91 Å². The quantitative estimate of drug-likeness (QED) is 0.680. The maximum Gasteiger partial charge on any atom is 0.225 e. The molecule has 0 unspecified atom stereocenters. The van der Waals surface area contributed by atoms with E-state index in [0.717, 1.165) is 63.4 Å². The summed E-state index contributed by atoms with van der Waals surface area (Å²) in [5, 5.41) is 7.59. The molecule has 5 rings (SSSR count). The lowest BCUT2D eigenvalue weighted by atomic mass is 9.96. The number of fused-ring (bicyclic) bond motifs is 1. The normalized spacial score (nSPS) is 20.1. The number of imidazole rings is 1. The summed E-state index contributed by atoms with van der Waals surface area (Å²) in [5.41, 5.74) is 3.70. The van der Waals surface area contributed by atoms with Gasteiger partial charge in [0.1, 0.15) is 5.82 Å². The van der Waals surface area contributed by atoms with E-state index >= 15 is 0 Å². The zero-order chi connectivity index (χ0) is 20.3. The third-order valence-corrected chi connectivity index (χ3v) is 7.11. The molecule has 1 fully saturated rings. The lowest BCUT2D eigenvalue weighted by Gasteiger charge is -2.33. The van der Waals surface area contributed by atoms with Crippen LogP contribution in [0.15, 0.2) is 53.4 Å². The van der Waals surface area contributed by atoms with Crippen molar-refractivity contribution in [1.82, 2.24) is 19.8 Å². The molecule has 0 radical (unpaired) electrons. The number of hydrogen-bond acceptors (Lipinski definition) is 4. The van der Waals surface area contributed by atoms with Gasteiger partial charge in [-0.2, -0.15) is 11.3 Å². The number of nitrogens with one attached hydrogen (secondary N) is 1. The van der Waals surface area contributed by atoms with Crippen LogP contribution in [0.3, 0.4) is 0 Å². The first-order chi connectivity index (χ1) is 14.8. The van der Waals surface area contributed by atoms with E-state index in [1.54, 1.807) is 11.3 Å². The molecular weight excluding hydrogens is 392 g/mol. The molecule has 0 saturated carbocycles. The molecule has 0 bridgehead atoms. The summed E-state index contributed by atoms with van der Waals surface area (Å²) in [6.45, 7) is 3.81. The average Bonchev–Trinajstić information content (AvgIpc) is 3.45. The number of hydrogen-bond donors (Lipinski definition) is 1. The number of aryl methyl sites for hydroxylation is 1. The second kappa shape index (κ2) is 8.74. The predicted octanol–water partition coefficient (Wildman–Crippen LogP) is 3.95. The van der Waals surface area contributed by atoms with Crippen LogP contribution in [0.1, 0.15) is 30.7 Å². The minimum atomic E-state index is 0.0337. The number of amides is 1. The molecule has 2 aliphatic heterocycles. The molecule has 156 valence electrons. The minimum absolute atomic E-state index is 0.0337. The van der Waals surface area contributed by atoms with Crippen LogP contribution in [0.2, 0.25) is 0 Å². The van der Waals surface area contributed by atoms with Gasteiger partial charge >= 0.3 is 0 Å². The van der Waals surface area contributed by atoms with Crippen molar-refractivity contribution in [3.8, 4) is 11.3 Å². The van der Waals surface area contributed by atoms with Gasteiger partial charge < -0.3 is 9.88 Å². The van der Waals surface area contributed by atoms with Crippen LogP contribution in [-0.4, -0.2) is 39.5 Å². The van der Waals surface area contributed by atoms with Gasteiger partial charge in [-0.05, 0) is 36.3 Å². The first kappa shape index (κ1) is 19.5. The number of rotatable bonds is 5. The van der Waals surface area contributed by atoms with Crippen molar-refractivity contribution >= 4 is 17.2 Å². The summed E-state index contributed by atoms with van der Waals surface area (Å²) in [6.07, 6.45) is 5.78. The molecule has 0 spiro atoms. The molecule has 4 heterocycles. The van der Waals surface area contributed by atoms with Gasteiger partial charge in [0.15, 0.2) is 0 Å². The standard InChI is InChI=1S/C24H28N4OS/c29-24(26-21-8-11-27(12-9-21)15-18-4-2-1-3-5-18)19-6-7-23-25-14-22(28(23)16-19)20-10-13-30-17-20/h1-5,10,13-14,17,19,21H,6-9,11-12,15-16H2,(H,26,29)/t19-/m0/s1. The number of carbonyl (C=O) groups is 1. The van der Waals surface area contributed by atoms with E-state index in [-0.39, 0.29) is 11.8 Å². The summed E-state index contributed by atoms with van der Waals surface area (Å²) in [7, 11) is 0. The molecule has 1 atom stereocenters. The molecule has 1 N–H and O–H groups in total. The number of piperidine rings is 1. The number of carbonyl (C=O) groups excluding carboxylic acids is 1. The van der Waals surface area contributed by atoms with E-state index in [0.29, 0.717) is 6.04 Å². The fraction of sp³-hybridized carbons (Fsp3) is 0.417. The highest BCUT2D eigenvalue weighted by molar-refractivity contribution is 7.08. The maximum atomic E-state index is 13.0. The summed E-state index contributed by atoms with van der Waals surface area (Å²) in [5.74, 6) is 1.35. The highest BCUT2D eigenvalue weighted by Gasteiger charge is 2.29. The van der Waals surface area contributed by atoms with Gasteiger partial charge in [0, 0.05) is 49.6 Å². The number of thiophene rings is 1. The Labute approximate surface area is 181 Å². The summed E-state index contributed by atoms with van der Waals surface area (Å²) in [6, 6.07) is 13.1. The Morgan fingerprint density at radius 2 is 1.97 bits per heavy atom. The Kier molecular flexibility index (Phi) is 5.69. The number of likely N-dealkylation sites (tertiary alicyclic amines) is 1. The lowest BCUT2D eigenvalue weighted by molar-refractivity contribution is -0.127. The van der Waals surface area contributed by atoms with Crippen LogP contribution in [0, 0.1) is 5.92 Å². The van der Waals surface area contributed by atoms with Gasteiger partial charge in [0.05, 0.1) is 17.8 Å². The largest absolute Gasteiger partial charge is 0.353 e. The molecule has 5 nitrogen and oxygen atoms in total. The van der Waals surface area contributed by atoms with Crippen LogP contribution in [-0.2, 0) is 24.3 Å². The van der Waals surface area contributed by atoms with Gasteiger partial charge in [-0.15, -0.1) is 0 Å². The molecule has 1 aromatic carbocycles. The van der Waals surface area contributed by atoms with Crippen LogP contribution in [0.25, 0.3) is 11.3 Å². The molecule has 6 heteroatoms. The monoisotopic (exact) mass is 420 g/mol. The van der Waals surface area contributed by atoms with Gasteiger partial charge in [-0.3, -0.25) is 9.69 Å². The van der Waals surface area contributed by atoms with Gasteiger partial charge in [-0.25, -0.2) is 4.98 Å². The fourth-order valence-electron chi connectivity index (χ4n) is 4.68. The Bertz CT molecular complexity index is 974.